The number of carbonyl (C=O) groups is 1. The molecular formula is C18H16BrN3O2. The molecule has 0 aliphatic carbocycles. The van der Waals surface area contributed by atoms with Gasteiger partial charge in [0.05, 0.1) is 0 Å². The fraction of sp³-hybridized carbons (Fsp3) is 0.111. The summed E-state index contributed by atoms with van der Waals surface area (Å²) in [5, 5.41) is 2.68. The second kappa shape index (κ2) is 6.49. The van der Waals surface area contributed by atoms with Gasteiger partial charge in [0.2, 0.25) is 0 Å². The van der Waals surface area contributed by atoms with Crippen molar-refractivity contribution in [3.63, 3.8) is 0 Å². The maximum absolute atomic E-state index is 12.5. The van der Waals surface area contributed by atoms with Crippen LogP contribution < -0.4 is 10.9 Å². The first-order valence-electron chi connectivity index (χ1n) is 7.36. The van der Waals surface area contributed by atoms with Crippen LogP contribution in [-0.4, -0.2) is 15.0 Å². The smallest absolute Gasteiger partial charge is 0.274 e. The van der Waals surface area contributed by atoms with Crippen LogP contribution in [0.2, 0.25) is 0 Å². The number of carbonyl (C=O) groups excluding carboxylic acids is 1. The van der Waals surface area contributed by atoms with Crippen LogP contribution in [0.5, 0.6) is 0 Å². The lowest BCUT2D eigenvalue weighted by Gasteiger charge is -2.09. The van der Waals surface area contributed by atoms with Gasteiger partial charge in [-0.15, -0.1) is 0 Å². The van der Waals surface area contributed by atoms with Crippen molar-refractivity contribution in [2.75, 3.05) is 5.32 Å². The highest BCUT2D eigenvalue weighted by Gasteiger charge is 2.15. The zero-order valence-corrected chi connectivity index (χ0v) is 14.9. The van der Waals surface area contributed by atoms with Crippen LogP contribution in [0, 0.1) is 0 Å². The van der Waals surface area contributed by atoms with E-state index in [1.165, 1.54) is 4.57 Å². The lowest BCUT2D eigenvalue weighted by Crippen LogP contribution is -2.24. The van der Waals surface area contributed by atoms with Crippen LogP contribution in [0.3, 0.4) is 0 Å². The molecule has 1 N–H and O–H groups in total. The van der Waals surface area contributed by atoms with Gasteiger partial charge in [-0.1, -0.05) is 28.1 Å². The van der Waals surface area contributed by atoms with E-state index in [4.69, 9.17) is 0 Å². The zero-order chi connectivity index (χ0) is 17.3. The molecule has 0 spiro atoms. The Morgan fingerprint density at radius 3 is 2.62 bits per heavy atom. The number of hydrogen-bond acceptors (Lipinski definition) is 2. The van der Waals surface area contributed by atoms with Gasteiger partial charge in [0.15, 0.2) is 0 Å². The molecule has 1 amide bonds. The number of nitrogens with zero attached hydrogens (tertiary/aromatic N) is 2. The summed E-state index contributed by atoms with van der Waals surface area (Å²) in [7, 11) is 3.47. The van der Waals surface area contributed by atoms with E-state index in [1.807, 2.05) is 41.9 Å². The van der Waals surface area contributed by atoms with E-state index in [0.717, 1.165) is 15.7 Å². The molecule has 0 radical (unpaired) electrons. The van der Waals surface area contributed by atoms with Crippen LogP contribution in [0.1, 0.15) is 10.5 Å². The molecule has 0 atom stereocenters. The molecule has 0 aliphatic rings. The van der Waals surface area contributed by atoms with E-state index in [-0.39, 0.29) is 17.2 Å². The fourth-order valence-corrected chi connectivity index (χ4v) is 2.95. The van der Waals surface area contributed by atoms with Gasteiger partial charge < -0.3 is 14.5 Å². The number of hydrogen-bond donors (Lipinski definition) is 1. The Bertz CT molecular complexity index is 972. The highest BCUT2D eigenvalue weighted by atomic mass is 79.9. The Morgan fingerprint density at radius 1 is 1.08 bits per heavy atom. The summed E-state index contributed by atoms with van der Waals surface area (Å²) >= 11 is 3.45. The summed E-state index contributed by atoms with van der Waals surface area (Å²) in [6, 6.07) is 14.8. The normalized spacial score (nSPS) is 10.6. The quantitative estimate of drug-likeness (QED) is 0.750. The van der Waals surface area contributed by atoms with Gasteiger partial charge in [0, 0.05) is 30.5 Å². The third-order valence-corrected chi connectivity index (χ3v) is 4.34. The summed E-state index contributed by atoms with van der Waals surface area (Å²) in [6.45, 7) is 0. The predicted octanol–water partition coefficient (Wildman–Crippen LogP) is 3.41. The molecule has 6 heteroatoms. The molecule has 3 rings (SSSR count). The Labute approximate surface area is 147 Å². The van der Waals surface area contributed by atoms with Gasteiger partial charge in [-0.3, -0.25) is 9.59 Å². The first-order valence-corrected chi connectivity index (χ1v) is 8.15. The number of rotatable bonds is 3. The first-order chi connectivity index (χ1) is 11.5. The van der Waals surface area contributed by atoms with E-state index < -0.39 is 0 Å². The van der Waals surface area contributed by atoms with Crippen molar-refractivity contribution >= 4 is 27.5 Å². The van der Waals surface area contributed by atoms with Crippen molar-refractivity contribution in [2.45, 2.75) is 0 Å². The van der Waals surface area contributed by atoms with Crippen molar-refractivity contribution in [1.82, 2.24) is 9.13 Å². The first kappa shape index (κ1) is 16.3. The van der Waals surface area contributed by atoms with Crippen LogP contribution in [0.4, 0.5) is 5.69 Å². The Balaban J connectivity index is 1.92. The Hall–Kier alpha value is -2.60. The average molecular weight is 386 g/mol. The monoisotopic (exact) mass is 385 g/mol. The number of aryl methyl sites for hydroxylation is 1. The molecule has 5 nitrogen and oxygen atoms in total. The lowest BCUT2D eigenvalue weighted by atomic mass is 10.1. The second-order valence-corrected chi connectivity index (χ2v) is 6.38. The highest BCUT2D eigenvalue weighted by Crippen LogP contribution is 2.24. The summed E-state index contributed by atoms with van der Waals surface area (Å²) < 4.78 is 4.21. The Morgan fingerprint density at radius 2 is 1.88 bits per heavy atom. The summed E-state index contributed by atoms with van der Waals surface area (Å²) in [5.74, 6) is -0.318. The largest absolute Gasteiger partial charge is 0.340 e. The molecular weight excluding hydrogens is 370 g/mol. The minimum absolute atomic E-state index is 0.243. The van der Waals surface area contributed by atoms with Crippen molar-refractivity contribution in [3.05, 3.63) is 75.2 Å². The summed E-state index contributed by atoms with van der Waals surface area (Å²) in [4.78, 5) is 24.5. The number of amides is 1. The Kier molecular flexibility index (Phi) is 4.40. The molecule has 24 heavy (non-hydrogen) atoms. The highest BCUT2D eigenvalue weighted by molar-refractivity contribution is 9.10. The summed E-state index contributed by atoms with van der Waals surface area (Å²) in [5.41, 5.74) is 2.42. The van der Waals surface area contributed by atoms with E-state index in [9.17, 15) is 9.59 Å². The topological polar surface area (TPSA) is 56.0 Å². The van der Waals surface area contributed by atoms with Gasteiger partial charge in [-0.2, -0.15) is 0 Å². The molecule has 3 aromatic rings. The molecule has 0 fully saturated rings. The standard InChI is InChI=1S/C18H16BrN3O2/c1-21-10-4-7-14(18(21)24)20-17(23)16-9-8-15(22(16)2)12-5-3-6-13(19)11-12/h3-11H,1-2H3,(H,20,23). The number of pyridine rings is 1. The van der Waals surface area contributed by atoms with Gasteiger partial charge in [-0.25, -0.2) is 0 Å². The second-order valence-electron chi connectivity index (χ2n) is 5.47. The average Bonchev–Trinajstić information content (AvgIpc) is 2.93. The van der Waals surface area contributed by atoms with Gasteiger partial charge in [-0.05, 0) is 42.0 Å². The van der Waals surface area contributed by atoms with E-state index in [0.29, 0.717) is 5.69 Å². The molecule has 2 aromatic heterocycles. The van der Waals surface area contributed by atoms with Crippen LogP contribution in [-0.2, 0) is 14.1 Å². The number of anilines is 1. The van der Waals surface area contributed by atoms with Crippen molar-refractivity contribution in [3.8, 4) is 11.3 Å². The zero-order valence-electron chi connectivity index (χ0n) is 13.3. The van der Waals surface area contributed by atoms with Crippen molar-refractivity contribution in [1.29, 1.82) is 0 Å². The molecule has 0 unspecified atom stereocenters. The third kappa shape index (κ3) is 3.05. The molecule has 0 aliphatic heterocycles. The van der Waals surface area contributed by atoms with Crippen molar-refractivity contribution in [2.24, 2.45) is 14.1 Å². The molecule has 122 valence electrons. The molecule has 0 saturated carbocycles. The molecule has 0 bridgehead atoms. The molecule has 0 saturated heterocycles. The van der Waals surface area contributed by atoms with E-state index >= 15 is 0 Å². The lowest BCUT2D eigenvalue weighted by molar-refractivity contribution is 0.101. The SMILES string of the molecule is Cn1c(C(=O)Nc2cccn(C)c2=O)ccc1-c1cccc(Br)c1. The number of nitrogens with one attached hydrogen (secondary N) is 1. The van der Waals surface area contributed by atoms with Crippen LogP contribution >= 0.6 is 15.9 Å². The van der Waals surface area contributed by atoms with E-state index in [2.05, 4.69) is 21.2 Å². The van der Waals surface area contributed by atoms with Gasteiger partial charge >= 0.3 is 0 Å². The molecule has 2 heterocycles. The maximum atomic E-state index is 12.5. The number of benzene rings is 1. The number of aromatic nitrogens is 2. The van der Waals surface area contributed by atoms with E-state index in [1.54, 1.807) is 31.4 Å². The minimum atomic E-state index is -0.318. The van der Waals surface area contributed by atoms with Gasteiger partial charge in [0.25, 0.3) is 11.5 Å². The predicted molar refractivity (Wildman–Crippen MR) is 98.2 cm³/mol. The van der Waals surface area contributed by atoms with Crippen molar-refractivity contribution < 1.29 is 4.79 Å². The molecule has 1 aromatic carbocycles. The van der Waals surface area contributed by atoms with Crippen LogP contribution in [0.15, 0.2) is 64.0 Å². The summed E-state index contributed by atoms with van der Waals surface area (Å²) in [6.07, 6.45) is 1.64. The number of halogens is 1. The van der Waals surface area contributed by atoms with Gasteiger partial charge in [0.1, 0.15) is 11.4 Å². The maximum Gasteiger partial charge on any atom is 0.274 e. The van der Waals surface area contributed by atoms with Crippen LogP contribution in [0.25, 0.3) is 11.3 Å². The minimum Gasteiger partial charge on any atom is -0.340 e. The fourth-order valence-electron chi connectivity index (χ4n) is 2.56. The third-order valence-electron chi connectivity index (χ3n) is 3.85.